The lowest BCUT2D eigenvalue weighted by Crippen LogP contribution is -2.19. The number of carbonyl (C=O) groups is 1. The molecular formula is C10H11N5OS. The van der Waals surface area contributed by atoms with Crippen molar-refractivity contribution in [2.24, 2.45) is 0 Å². The van der Waals surface area contributed by atoms with E-state index in [1.165, 1.54) is 0 Å². The number of aryl methyl sites for hydroxylation is 1. The Hall–Kier alpha value is -2.15. The second-order valence-corrected chi connectivity index (χ2v) is 4.10. The monoisotopic (exact) mass is 249 g/mol. The SMILES string of the molecule is Cc1nsc(NC(=O)Nc2ccc(N)cc2)n1. The third-order valence-electron chi connectivity index (χ3n) is 1.92. The summed E-state index contributed by atoms with van der Waals surface area (Å²) in [5.74, 6) is 0.637. The molecule has 88 valence electrons. The summed E-state index contributed by atoms with van der Waals surface area (Å²) < 4.78 is 3.96. The van der Waals surface area contributed by atoms with Crippen LogP contribution in [0.25, 0.3) is 0 Å². The van der Waals surface area contributed by atoms with Crippen LogP contribution in [-0.2, 0) is 0 Å². The Labute approximate surface area is 102 Å². The molecule has 0 fully saturated rings. The normalized spacial score (nSPS) is 9.94. The van der Waals surface area contributed by atoms with Crippen LogP contribution in [0, 0.1) is 6.92 Å². The Bertz CT molecular complexity index is 522. The Morgan fingerprint density at radius 2 is 2.00 bits per heavy atom. The van der Waals surface area contributed by atoms with Gasteiger partial charge in [-0.2, -0.15) is 4.37 Å². The summed E-state index contributed by atoms with van der Waals surface area (Å²) in [6.45, 7) is 1.76. The Balaban J connectivity index is 1.95. The highest BCUT2D eigenvalue weighted by Gasteiger charge is 2.05. The van der Waals surface area contributed by atoms with E-state index in [9.17, 15) is 4.79 Å². The van der Waals surface area contributed by atoms with Crippen molar-refractivity contribution in [3.63, 3.8) is 0 Å². The van der Waals surface area contributed by atoms with E-state index in [2.05, 4.69) is 20.0 Å². The molecule has 2 aromatic rings. The summed E-state index contributed by atoms with van der Waals surface area (Å²) >= 11 is 1.14. The van der Waals surface area contributed by atoms with Gasteiger partial charge >= 0.3 is 6.03 Å². The molecule has 1 aromatic heterocycles. The van der Waals surface area contributed by atoms with Gasteiger partial charge in [-0.25, -0.2) is 9.78 Å². The maximum atomic E-state index is 11.6. The molecule has 0 aliphatic rings. The van der Waals surface area contributed by atoms with Gasteiger partial charge in [-0.05, 0) is 31.2 Å². The van der Waals surface area contributed by atoms with Crippen molar-refractivity contribution in [2.45, 2.75) is 6.92 Å². The van der Waals surface area contributed by atoms with Gasteiger partial charge in [-0.3, -0.25) is 5.32 Å². The number of urea groups is 1. The largest absolute Gasteiger partial charge is 0.399 e. The van der Waals surface area contributed by atoms with Gasteiger partial charge in [0.15, 0.2) is 0 Å². The topological polar surface area (TPSA) is 92.9 Å². The van der Waals surface area contributed by atoms with Crippen LogP contribution in [-0.4, -0.2) is 15.4 Å². The third kappa shape index (κ3) is 3.15. The maximum Gasteiger partial charge on any atom is 0.325 e. The van der Waals surface area contributed by atoms with Crippen LogP contribution < -0.4 is 16.4 Å². The average Bonchev–Trinajstić information content (AvgIpc) is 2.67. The summed E-state index contributed by atoms with van der Waals surface area (Å²) in [7, 11) is 0. The number of nitrogen functional groups attached to an aromatic ring is 1. The predicted octanol–water partition coefficient (Wildman–Crippen LogP) is 2.07. The summed E-state index contributed by atoms with van der Waals surface area (Å²) in [6, 6.07) is 6.52. The number of hydrogen-bond donors (Lipinski definition) is 3. The zero-order chi connectivity index (χ0) is 12.3. The Kier molecular flexibility index (Phi) is 3.20. The molecule has 0 bridgehead atoms. The molecule has 1 aromatic carbocycles. The number of aromatic nitrogens is 2. The van der Waals surface area contributed by atoms with Crippen molar-refractivity contribution in [1.29, 1.82) is 0 Å². The third-order valence-corrected chi connectivity index (χ3v) is 2.64. The van der Waals surface area contributed by atoms with Crippen molar-refractivity contribution >= 4 is 34.1 Å². The van der Waals surface area contributed by atoms with Crippen molar-refractivity contribution in [3.05, 3.63) is 30.1 Å². The molecule has 1 heterocycles. The summed E-state index contributed by atoms with van der Waals surface area (Å²) in [4.78, 5) is 15.6. The van der Waals surface area contributed by atoms with Crippen LogP contribution in [0.2, 0.25) is 0 Å². The number of carbonyl (C=O) groups excluding carboxylic acids is 1. The van der Waals surface area contributed by atoms with E-state index in [1.807, 2.05) is 0 Å². The predicted molar refractivity (Wildman–Crippen MR) is 68.1 cm³/mol. The summed E-state index contributed by atoms with van der Waals surface area (Å²) in [5, 5.41) is 5.72. The number of anilines is 3. The number of nitrogens with zero attached hydrogens (tertiary/aromatic N) is 2. The van der Waals surface area contributed by atoms with Crippen LogP contribution in [0.3, 0.4) is 0 Å². The van der Waals surface area contributed by atoms with Crippen molar-refractivity contribution in [1.82, 2.24) is 9.36 Å². The summed E-state index contributed by atoms with van der Waals surface area (Å²) in [6.07, 6.45) is 0. The lowest BCUT2D eigenvalue weighted by atomic mass is 10.3. The van der Waals surface area contributed by atoms with Gasteiger partial charge in [0, 0.05) is 22.9 Å². The molecule has 6 nitrogen and oxygen atoms in total. The van der Waals surface area contributed by atoms with E-state index < -0.39 is 0 Å². The first-order valence-electron chi connectivity index (χ1n) is 4.87. The molecule has 17 heavy (non-hydrogen) atoms. The van der Waals surface area contributed by atoms with E-state index in [-0.39, 0.29) is 6.03 Å². The van der Waals surface area contributed by atoms with Crippen molar-refractivity contribution < 1.29 is 4.79 Å². The van der Waals surface area contributed by atoms with Gasteiger partial charge in [-0.1, -0.05) is 0 Å². The van der Waals surface area contributed by atoms with E-state index in [4.69, 9.17) is 5.73 Å². The first kappa shape index (κ1) is 11.3. The van der Waals surface area contributed by atoms with Crippen molar-refractivity contribution in [3.8, 4) is 0 Å². The molecule has 0 radical (unpaired) electrons. The van der Waals surface area contributed by atoms with E-state index >= 15 is 0 Å². The fourth-order valence-corrected chi connectivity index (χ4v) is 1.74. The van der Waals surface area contributed by atoms with Gasteiger partial charge in [0.05, 0.1) is 0 Å². The van der Waals surface area contributed by atoms with Crippen LogP contribution in [0.4, 0.5) is 21.3 Å². The minimum absolute atomic E-state index is 0.356. The molecule has 0 unspecified atom stereocenters. The second-order valence-electron chi connectivity index (χ2n) is 3.35. The van der Waals surface area contributed by atoms with Crippen LogP contribution in [0.15, 0.2) is 24.3 Å². The van der Waals surface area contributed by atoms with E-state index in [0.717, 1.165) is 11.5 Å². The van der Waals surface area contributed by atoms with Crippen LogP contribution in [0.1, 0.15) is 5.82 Å². The highest BCUT2D eigenvalue weighted by atomic mass is 32.1. The fourth-order valence-electron chi connectivity index (χ4n) is 1.17. The Morgan fingerprint density at radius 3 is 2.59 bits per heavy atom. The number of amides is 2. The number of rotatable bonds is 2. The molecule has 0 atom stereocenters. The fraction of sp³-hybridized carbons (Fsp3) is 0.100. The zero-order valence-electron chi connectivity index (χ0n) is 9.10. The quantitative estimate of drug-likeness (QED) is 0.710. The molecule has 2 amide bonds. The smallest absolute Gasteiger partial charge is 0.325 e. The minimum atomic E-state index is -0.356. The molecular weight excluding hydrogens is 238 g/mol. The highest BCUT2D eigenvalue weighted by Crippen LogP contribution is 2.13. The molecule has 2 rings (SSSR count). The molecule has 0 aliphatic heterocycles. The van der Waals surface area contributed by atoms with Gasteiger partial charge < -0.3 is 11.1 Å². The molecule has 0 saturated heterocycles. The lowest BCUT2D eigenvalue weighted by molar-refractivity contribution is 0.262. The van der Waals surface area contributed by atoms with Crippen LogP contribution in [0.5, 0.6) is 0 Å². The molecule has 0 spiro atoms. The molecule has 0 aliphatic carbocycles. The van der Waals surface area contributed by atoms with Gasteiger partial charge in [0.1, 0.15) is 5.82 Å². The van der Waals surface area contributed by atoms with Gasteiger partial charge in [-0.15, -0.1) is 0 Å². The van der Waals surface area contributed by atoms with Gasteiger partial charge in [0.2, 0.25) is 5.13 Å². The van der Waals surface area contributed by atoms with Gasteiger partial charge in [0.25, 0.3) is 0 Å². The Morgan fingerprint density at radius 1 is 1.29 bits per heavy atom. The second kappa shape index (κ2) is 4.79. The van der Waals surface area contributed by atoms with Crippen molar-refractivity contribution in [2.75, 3.05) is 16.4 Å². The first-order valence-corrected chi connectivity index (χ1v) is 5.65. The molecule has 4 N–H and O–H groups in total. The molecule has 7 heteroatoms. The number of nitrogens with two attached hydrogens (primary N) is 1. The number of nitrogens with one attached hydrogen (secondary N) is 2. The minimum Gasteiger partial charge on any atom is -0.399 e. The van der Waals surface area contributed by atoms with E-state index in [0.29, 0.717) is 22.3 Å². The lowest BCUT2D eigenvalue weighted by Gasteiger charge is -2.04. The molecule has 0 saturated carbocycles. The maximum absolute atomic E-state index is 11.6. The first-order chi connectivity index (χ1) is 8.13. The number of hydrogen-bond acceptors (Lipinski definition) is 5. The standard InChI is InChI=1S/C10H11N5OS/c1-6-12-10(17-15-6)14-9(16)13-8-4-2-7(11)3-5-8/h2-5H,11H2,1H3,(H2,12,13,14,15,16). The van der Waals surface area contributed by atoms with E-state index in [1.54, 1.807) is 31.2 Å². The average molecular weight is 249 g/mol. The highest BCUT2D eigenvalue weighted by molar-refractivity contribution is 7.09. The summed E-state index contributed by atoms with van der Waals surface area (Å²) in [5.41, 5.74) is 6.85. The zero-order valence-corrected chi connectivity index (χ0v) is 9.91. The van der Waals surface area contributed by atoms with Crippen LogP contribution >= 0.6 is 11.5 Å². The number of benzene rings is 1.